The average molecular weight is 404 g/mol. The molecule has 1 N–H and O–H groups in total. The average Bonchev–Trinajstić information content (AvgIpc) is 3.37. The SMILES string of the molecule is C=CCn1c(CCN2CCCCC2)nnc1SCC(=O)NC(C)c1ccco1. The zero-order valence-electron chi connectivity index (χ0n) is 16.5. The number of carbonyl (C=O) groups excluding carboxylic acids is 1. The summed E-state index contributed by atoms with van der Waals surface area (Å²) in [6.07, 6.45) is 8.22. The molecule has 3 heterocycles. The summed E-state index contributed by atoms with van der Waals surface area (Å²) >= 11 is 1.40. The molecule has 3 rings (SSSR count). The highest BCUT2D eigenvalue weighted by Crippen LogP contribution is 2.19. The largest absolute Gasteiger partial charge is 0.467 e. The van der Waals surface area contributed by atoms with Gasteiger partial charge in [0.2, 0.25) is 5.91 Å². The number of carbonyl (C=O) groups is 1. The first-order valence-electron chi connectivity index (χ1n) is 9.88. The van der Waals surface area contributed by atoms with Crippen molar-refractivity contribution in [2.45, 2.75) is 50.4 Å². The second-order valence-electron chi connectivity index (χ2n) is 7.04. The van der Waals surface area contributed by atoms with Gasteiger partial charge < -0.3 is 19.2 Å². The van der Waals surface area contributed by atoms with E-state index in [4.69, 9.17) is 4.42 Å². The Morgan fingerprint density at radius 3 is 2.93 bits per heavy atom. The Hall–Kier alpha value is -2.06. The van der Waals surface area contributed by atoms with Gasteiger partial charge in [-0.05, 0) is 45.0 Å². The number of nitrogens with one attached hydrogen (secondary N) is 1. The minimum atomic E-state index is -0.158. The summed E-state index contributed by atoms with van der Waals surface area (Å²) in [5.74, 6) is 1.93. The molecular formula is C20H29N5O2S. The van der Waals surface area contributed by atoms with E-state index in [2.05, 4.69) is 31.6 Å². The molecule has 0 aromatic carbocycles. The van der Waals surface area contributed by atoms with E-state index in [9.17, 15) is 4.79 Å². The number of furan rings is 1. The van der Waals surface area contributed by atoms with E-state index < -0.39 is 0 Å². The van der Waals surface area contributed by atoms with Crippen LogP contribution in [-0.4, -0.2) is 51.0 Å². The molecule has 0 bridgehead atoms. The molecule has 1 unspecified atom stereocenters. The Morgan fingerprint density at radius 2 is 2.21 bits per heavy atom. The van der Waals surface area contributed by atoms with Crippen molar-refractivity contribution in [3.8, 4) is 0 Å². The van der Waals surface area contributed by atoms with E-state index in [-0.39, 0.29) is 17.7 Å². The van der Waals surface area contributed by atoms with E-state index in [0.29, 0.717) is 6.54 Å². The molecule has 1 saturated heterocycles. The van der Waals surface area contributed by atoms with Gasteiger partial charge in [0.1, 0.15) is 11.6 Å². The predicted molar refractivity (Wildman–Crippen MR) is 110 cm³/mol. The minimum absolute atomic E-state index is 0.0584. The monoisotopic (exact) mass is 403 g/mol. The minimum Gasteiger partial charge on any atom is -0.467 e. The molecule has 1 amide bonds. The molecule has 7 nitrogen and oxygen atoms in total. The maximum atomic E-state index is 12.3. The lowest BCUT2D eigenvalue weighted by Crippen LogP contribution is -2.32. The van der Waals surface area contributed by atoms with E-state index in [1.165, 1.54) is 44.1 Å². The quantitative estimate of drug-likeness (QED) is 0.485. The second kappa shape index (κ2) is 10.5. The first-order chi connectivity index (χ1) is 13.7. The van der Waals surface area contributed by atoms with Crippen LogP contribution in [0.3, 0.4) is 0 Å². The molecule has 0 spiro atoms. The summed E-state index contributed by atoms with van der Waals surface area (Å²) < 4.78 is 7.39. The summed E-state index contributed by atoms with van der Waals surface area (Å²) in [4.78, 5) is 14.8. The van der Waals surface area contributed by atoms with Crippen LogP contribution in [0.5, 0.6) is 0 Å². The van der Waals surface area contributed by atoms with Crippen molar-refractivity contribution >= 4 is 17.7 Å². The summed E-state index contributed by atoms with van der Waals surface area (Å²) in [5.41, 5.74) is 0. The number of aromatic nitrogens is 3. The van der Waals surface area contributed by atoms with Gasteiger partial charge in [0, 0.05) is 19.5 Å². The van der Waals surface area contributed by atoms with E-state index >= 15 is 0 Å². The maximum absolute atomic E-state index is 12.3. The highest BCUT2D eigenvalue weighted by Gasteiger charge is 2.17. The second-order valence-corrected chi connectivity index (χ2v) is 7.99. The van der Waals surface area contributed by atoms with Crippen molar-refractivity contribution in [1.29, 1.82) is 0 Å². The smallest absolute Gasteiger partial charge is 0.231 e. The molecule has 2 aromatic rings. The van der Waals surface area contributed by atoms with Crippen LogP contribution in [0.15, 0.2) is 40.6 Å². The van der Waals surface area contributed by atoms with Crippen LogP contribution in [0, 0.1) is 0 Å². The van der Waals surface area contributed by atoms with Crippen molar-refractivity contribution in [3.63, 3.8) is 0 Å². The lowest BCUT2D eigenvalue weighted by atomic mass is 10.1. The van der Waals surface area contributed by atoms with Gasteiger partial charge in [-0.1, -0.05) is 24.3 Å². The van der Waals surface area contributed by atoms with E-state index in [0.717, 1.165) is 29.7 Å². The van der Waals surface area contributed by atoms with Gasteiger partial charge in [-0.3, -0.25) is 4.79 Å². The number of hydrogen-bond donors (Lipinski definition) is 1. The highest BCUT2D eigenvalue weighted by atomic mass is 32.2. The van der Waals surface area contributed by atoms with Crippen LogP contribution in [0.25, 0.3) is 0 Å². The van der Waals surface area contributed by atoms with Crippen molar-refractivity contribution < 1.29 is 9.21 Å². The standard InChI is InChI=1S/C20H29N5O2S/c1-3-10-25-18(9-13-24-11-5-4-6-12-24)22-23-20(25)28-15-19(26)21-16(2)17-8-7-14-27-17/h3,7-8,14,16H,1,4-6,9-13,15H2,2H3,(H,21,26). The number of nitrogens with zero attached hydrogens (tertiary/aromatic N) is 4. The van der Waals surface area contributed by atoms with Gasteiger partial charge in [-0.15, -0.1) is 16.8 Å². The Bertz CT molecular complexity index is 753. The van der Waals surface area contributed by atoms with Crippen LogP contribution < -0.4 is 5.32 Å². The Balaban J connectivity index is 1.53. The van der Waals surface area contributed by atoms with E-state index in [1.807, 2.05) is 25.1 Å². The number of allylic oxidation sites excluding steroid dienone is 1. The molecule has 1 aliphatic rings. The fourth-order valence-electron chi connectivity index (χ4n) is 3.39. The number of rotatable bonds is 10. The number of piperidine rings is 1. The topological polar surface area (TPSA) is 76.2 Å². The highest BCUT2D eigenvalue weighted by molar-refractivity contribution is 7.99. The van der Waals surface area contributed by atoms with Gasteiger partial charge in [0.05, 0.1) is 18.1 Å². The van der Waals surface area contributed by atoms with E-state index in [1.54, 1.807) is 6.26 Å². The summed E-state index contributed by atoms with van der Waals surface area (Å²) in [7, 11) is 0. The number of hydrogen-bond acceptors (Lipinski definition) is 6. The number of amides is 1. The number of likely N-dealkylation sites (tertiary alicyclic amines) is 1. The van der Waals surface area contributed by atoms with Crippen molar-refractivity contribution in [1.82, 2.24) is 25.0 Å². The molecule has 0 aliphatic carbocycles. The van der Waals surface area contributed by atoms with Gasteiger partial charge in [0.25, 0.3) is 0 Å². The summed E-state index contributed by atoms with van der Waals surface area (Å²) in [5, 5.41) is 12.4. The Kier molecular flexibility index (Phi) is 7.73. The third kappa shape index (κ3) is 5.72. The fourth-order valence-corrected chi connectivity index (χ4v) is 4.16. The molecule has 0 saturated carbocycles. The predicted octanol–water partition coefficient (Wildman–Crippen LogP) is 3.06. The van der Waals surface area contributed by atoms with Gasteiger partial charge in [-0.25, -0.2) is 0 Å². The Labute approximate surface area is 170 Å². The van der Waals surface area contributed by atoms with Crippen molar-refractivity contribution in [2.75, 3.05) is 25.4 Å². The summed E-state index contributed by atoms with van der Waals surface area (Å²) in [6.45, 7) is 9.74. The molecule has 1 aliphatic heterocycles. The molecule has 152 valence electrons. The van der Waals surface area contributed by atoms with Crippen molar-refractivity contribution in [3.05, 3.63) is 42.6 Å². The molecule has 1 atom stereocenters. The first kappa shape index (κ1) is 20.7. The third-order valence-electron chi connectivity index (χ3n) is 4.89. The Morgan fingerprint density at radius 1 is 1.39 bits per heavy atom. The zero-order chi connectivity index (χ0) is 19.8. The number of thioether (sulfide) groups is 1. The zero-order valence-corrected chi connectivity index (χ0v) is 17.3. The van der Waals surface area contributed by atoms with Crippen LogP contribution >= 0.6 is 11.8 Å². The maximum Gasteiger partial charge on any atom is 0.231 e. The van der Waals surface area contributed by atoms with Crippen molar-refractivity contribution in [2.24, 2.45) is 0 Å². The molecule has 0 radical (unpaired) electrons. The molecule has 1 fully saturated rings. The van der Waals surface area contributed by atoms with Crippen LogP contribution in [0.2, 0.25) is 0 Å². The van der Waals surface area contributed by atoms with Gasteiger partial charge in [0.15, 0.2) is 5.16 Å². The normalized spacial score (nSPS) is 16.0. The molecule has 2 aromatic heterocycles. The first-order valence-corrected chi connectivity index (χ1v) is 10.9. The summed E-state index contributed by atoms with van der Waals surface area (Å²) in [6, 6.07) is 3.51. The third-order valence-corrected chi connectivity index (χ3v) is 5.85. The molecule has 8 heteroatoms. The van der Waals surface area contributed by atoms with Crippen LogP contribution in [0.4, 0.5) is 0 Å². The fraction of sp³-hybridized carbons (Fsp3) is 0.550. The van der Waals surface area contributed by atoms with Gasteiger partial charge in [-0.2, -0.15) is 0 Å². The molecular weight excluding hydrogens is 374 g/mol. The molecule has 28 heavy (non-hydrogen) atoms. The van der Waals surface area contributed by atoms with Crippen LogP contribution in [0.1, 0.15) is 43.8 Å². The van der Waals surface area contributed by atoms with Gasteiger partial charge >= 0.3 is 0 Å². The lowest BCUT2D eigenvalue weighted by molar-refractivity contribution is -0.119. The lowest BCUT2D eigenvalue weighted by Gasteiger charge is -2.26. The van der Waals surface area contributed by atoms with Crippen LogP contribution in [-0.2, 0) is 17.8 Å².